The van der Waals surface area contributed by atoms with Crippen molar-refractivity contribution in [2.75, 3.05) is 26.2 Å². The number of benzene rings is 1. The first-order chi connectivity index (χ1) is 15.8. The van der Waals surface area contributed by atoms with E-state index in [4.69, 9.17) is 4.42 Å². The van der Waals surface area contributed by atoms with E-state index in [2.05, 4.69) is 5.32 Å². The second-order valence-corrected chi connectivity index (χ2v) is 11.0. The molecule has 0 unspecified atom stereocenters. The van der Waals surface area contributed by atoms with Crippen LogP contribution in [0.1, 0.15) is 48.4 Å². The Kier molecular flexibility index (Phi) is 6.90. The quantitative estimate of drug-likeness (QED) is 0.695. The summed E-state index contributed by atoms with van der Waals surface area (Å²) in [4.78, 5) is 27.5. The van der Waals surface area contributed by atoms with Crippen LogP contribution < -0.4 is 5.32 Å². The Morgan fingerprint density at radius 3 is 2.33 bits per heavy atom. The zero-order chi connectivity index (χ0) is 23.6. The van der Waals surface area contributed by atoms with E-state index in [1.807, 2.05) is 26.0 Å². The zero-order valence-corrected chi connectivity index (χ0v) is 19.9. The Morgan fingerprint density at radius 1 is 1.00 bits per heavy atom. The number of sulfonamides is 1. The molecule has 2 heterocycles. The third-order valence-corrected chi connectivity index (χ3v) is 8.37. The molecule has 1 N–H and O–H groups in total. The van der Waals surface area contributed by atoms with Crippen molar-refractivity contribution in [3.05, 3.63) is 53.5 Å². The predicted octanol–water partition coefficient (Wildman–Crippen LogP) is 2.45. The summed E-state index contributed by atoms with van der Waals surface area (Å²) in [6.07, 6.45) is 5.56. The van der Waals surface area contributed by atoms with E-state index < -0.39 is 22.0 Å². The van der Waals surface area contributed by atoms with Crippen LogP contribution in [0.15, 0.2) is 45.9 Å². The molecule has 1 saturated heterocycles. The molecule has 178 valence electrons. The molecule has 1 fully saturated rings. The van der Waals surface area contributed by atoms with Crippen LogP contribution in [0.2, 0.25) is 0 Å². The second-order valence-electron chi connectivity index (χ2n) is 9.04. The van der Waals surface area contributed by atoms with Gasteiger partial charge in [0.2, 0.25) is 15.9 Å². The van der Waals surface area contributed by atoms with Gasteiger partial charge in [-0.2, -0.15) is 4.31 Å². The van der Waals surface area contributed by atoms with E-state index in [9.17, 15) is 18.0 Å². The molecule has 1 aliphatic heterocycles. The third kappa shape index (κ3) is 4.99. The van der Waals surface area contributed by atoms with E-state index in [0.29, 0.717) is 4.90 Å². The number of hydrogen-bond donors (Lipinski definition) is 1. The van der Waals surface area contributed by atoms with Crippen LogP contribution in [0.4, 0.5) is 0 Å². The summed E-state index contributed by atoms with van der Waals surface area (Å²) < 4.78 is 33.0. The first kappa shape index (κ1) is 23.5. The van der Waals surface area contributed by atoms with Gasteiger partial charge in [-0.05, 0) is 67.0 Å². The fourth-order valence-electron chi connectivity index (χ4n) is 4.50. The summed E-state index contributed by atoms with van der Waals surface area (Å²) in [5.41, 5.74) is 2.37. The van der Waals surface area contributed by atoms with Crippen LogP contribution in [-0.4, -0.2) is 61.7 Å². The fourth-order valence-corrected chi connectivity index (χ4v) is 5.97. The summed E-state index contributed by atoms with van der Waals surface area (Å²) in [6, 6.07) is 7.91. The maximum atomic E-state index is 13.2. The normalized spacial score (nSPS) is 18.1. The van der Waals surface area contributed by atoms with Gasteiger partial charge in [0, 0.05) is 26.2 Å². The van der Waals surface area contributed by atoms with E-state index in [0.717, 1.165) is 31.2 Å². The molecule has 1 aromatic carbocycles. The number of rotatable bonds is 6. The maximum absolute atomic E-state index is 13.2. The average molecular weight is 474 g/mol. The third-order valence-electron chi connectivity index (χ3n) is 6.47. The number of aryl methyl sites for hydroxylation is 2. The summed E-state index contributed by atoms with van der Waals surface area (Å²) in [6.45, 7) is 4.74. The molecule has 1 aromatic heterocycles. The molecule has 0 radical (unpaired) electrons. The topological polar surface area (TPSA) is 99.9 Å². The first-order valence-electron chi connectivity index (χ1n) is 11.5. The van der Waals surface area contributed by atoms with E-state index in [1.54, 1.807) is 23.1 Å². The van der Waals surface area contributed by atoms with E-state index in [-0.39, 0.29) is 43.8 Å². The van der Waals surface area contributed by atoms with Crippen LogP contribution in [0, 0.1) is 5.92 Å². The van der Waals surface area contributed by atoms with Gasteiger partial charge in [0.05, 0.1) is 11.2 Å². The summed E-state index contributed by atoms with van der Waals surface area (Å²) in [5.74, 6) is -0.639. The van der Waals surface area contributed by atoms with Crippen molar-refractivity contribution in [1.29, 1.82) is 0 Å². The molecule has 4 rings (SSSR count). The Bertz CT molecular complexity index is 1100. The smallest absolute Gasteiger partial charge is 0.287 e. The molecule has 2 aromatic rings. The number of furan rings is 1. The molecule has 1 atom stereocenters. The number of carbonyl (C=O) groups is 2. The number of fused-ring (bicyclic) bond motifs is 1. The molecule has 0 saturated carbocycles. The fraction of sp³-hybridized carbons (Fsp3) is 0.500. The summed E-state index contributed by atoms with van der Waals surface area (Å²) >= 11 is 0. The van der Waals surface area contributed by atoms with Gasteiger partial charge in [0.15, 0.2) is 5.76 Å². The summed E-state index contributed by atoms with van der Waals surface area (Å²) in [5, 5.41) is 2.76. The number of piperazine rings is 1. The van der Waals surface area contributed by atoms with Crippen LogP contribution in [-0.2, 0) is 27.7 Å². The zero-order valence-electron chi connectivity index (χ0n) is 19.1. The standard InChI is InChI=1S/C24H31N3O5S/c1-17(2)22(25-23(28)21-8-5-15-32-21)24(29)26-11-13-27(14-12-26)33(30,31)20-10-9-18-6-3-4-7-19(18)16-20/h5,8-10,15-17,22H,3-4,6-7,11-14H2,1-2H3,(H,25,28)/t22-/m1/s1. The van der Waals surface area contributed by atoms with Gasteiger partial charge in [0.25, 0.3) is 5.91 Å². The minimum absolute atomic E-state index is 0.131. The van der Waals surface area contributed by atoms with Gasteiger partial charge >= 0.3 is 0 Å². The van der Waals surface area contributed by atoms with Crippen molar-refractivity contribution in [3.63, 3.8) is 0 Å². The molecule has 0 spiro atoms. The molecule has 1 aliphatic carbocycles. The molecule has 33 heavy (non-hydrogen) atoms. The predicted molar refractivity (Wildman–Crippen MR) is 123 cm³/mol. The minimum atomic E-state index is -3.62. The molecule has 2 aliphatic rings. The Morgan fingerprint density at radius 2 is 1.70 bits per heavy atom. The lowest BCUT2D eigenvalue weighted by Crippen LogP contribution is -2.57. The largest absolute Gasteiger partial charge is 0.459 e. The van der Waals surface area contributed by atoms with Crippen molar-refractivity contribution in [1.82, 2.24) is 14.5 Å². The van der Waals surface area contributed by atoms with E-state index >= 15 is 0 Å². The van der Waals surface area contributed by atoms with Gasteiger partial charge in [0.1, 0.15) is 6.04 Å². The van der Waals surface area contributed by atoms with Crippen LogP contribution in [0.5, 0.6) is 0 Å². The van der Waals surface area contributed by atoms with Crippen molar-refractivity contribution < 1.29 is 22.4 Å². The lowest BCUT2D eigenvalue weighted by molar-refractivity contribution is -0.135. The molecule has 2 amide bonds. The monoisotopic (exact) mass is 473 g/mol. The molecular formula is C24H31N3O5S. The van der Waals surface area contributed by atoms with Gasteiger partial charge in [-0.1, -0.05) is 19.9 Å². The molecular weight excluding hydrogens is 442 g/mol. The molecule has 0 bridgehead atoms. The number of carbonyl (C=O) groups excluding carboxylic acids is 2. The number of hydrogen-bond acceptors (Lipinski definition) is 5. The highest BCUT2D eigenvalue weighted by Gasteiger charge is 2.34. The summed E-state index contributed by atoms with van der Waals surface area (Å²) in [7, 11) is -3.62. The Balaban J connectivity index is 1.41. The van der Waals surface area contributed by atoms with Gasteiger partial charge in [-0.15, -0.1) is 0 Å². The van der Waals surface area contributed by atoms with Crippen LogP contribution in [0.25, 0.3) is 0 Å². The first-order valence-corrected chi connectivity index (χ1v) is 13.0. The second kappa shape index (κ2) is 9.69. The van der Waals surface area contributed by atoms with Gasteiger partial charge in [-0.25, -0.2) is 8.42 Å². The van der Waals surface area contributed by atoms with Crippen molar-refractivity contribution in [2.24, 2.45) is 5.92 Å². The van der Waals surface area contributed by atoms with Gasteiger partial charge < -0.3 is 14.6 Å². The Hall–Kier alpha value is -2.65. The number of nitrogens with zero attached hydrogens (tertiary/aromatic N) is 2. The lowest BCUT2D eigenvalue weighted by atomic mass is 9.92. The van der Waals surface area contributed by atoms with Crippen molar-refractivity contribution in [2.45, 2.75) is 50.5 Å². The molecule has 8 nitrogen and oxygen atoms in total. The highest BCUT2D eigenvalue weighted by atomic mass is 32.2. The highest BCUT2D eigenvalue weighted by molar-refractivity contribution is 7.89. The Labute approximate surface area is 195 Å². The minimum Gasteiger partial charge on any atom is -0.459 e. The van der Waals surface area contributed by atoms with Gasteiger partial charge in [-0.3, -0.25) is 9.59 Å². The maximum Gasteiger partial charge on any atom is 0.287 e. The van der Waals surface area contributed by atoms with Crippen molar-refractivity contribution in [3.8, 4) is 0 Å². The number of amides is 2. The van der Waals surface area contributed by atoms with E-state index in [1.165, 1.54) is 16.1 Å². The van der Waals surface area contributed by atoms with Crippen LogP contribution in [0.3, 0.4) is 0 Å². The molecule has 9 heteroatoms. The number of nitrogens with one attached hydrogen (secondary N) is 1. The van der Waals surface area contributed by atoms with Crippen LogP contribution >= 0.6 is 0 Å². The average Bonchev–Trinajstić information content (AvgIpc) is 3.37. The lowest BCUT2D eigenvalue weighted by Gasteiger charge is -2.36. The highest BCUT2D eigenvalue weighted by Crippen LogP contribution is 2.26. The van der Waals surface area contributed by atoms with Crippen molar-refractivity contribution >= 4 is 21.8 Å². The SMILES string of the molecule is CC(C)[C@@H](NC(=O)c1ccco1)C(=O)N1CCN(S(=O)(=O)c2ccc3c(c2)CCCC3)CC1.